The van der Waals surface area contributed by atoms with Crippen molar-refractivity contribution in [2.24, 2.45) is 18.8 Å². The number of nitrogens with two attached hydrogens (primary N) is 1. The number of aromatic nitrogens is 2. The second kappa shape index (κ2) is 6.17. The summed E-state index contributed by atoms with van der Waals surface area (Å²) in [7, 11) is 1.98. The van der Waals surface area contributed by atoms with E-state index >= 15 is 0 Å². The molecule has 0 bridgehead atoms. The van der Waals surface area contributed by atoms with Gasteiger partial charge in [0.05, 0.1) is 5.69 Å². The van der Waals surface area contributed by atoms with Crippen LogP contribution in [-0.2, 0) is 7.05 Å². The molecule has 0 radical (unpaired) electrons. The highest BCUT2D eigenvalue weighted by atomic mass is 15.3. The van der Waals surface area contributed by atoms with Gasteiger partial charge in [-0.2, -0.15) is 5.10 Å². The second-order valence-corrected chi connectivity index (χ2v) is 5.25. The van der Waals surface area contributed by atoms with E-state index in [1.807, 2.05) is 11.7 Å². The Morgan fingerprint density at radius 2 is 1.94 bits per heavy atom. The molecule has 0 saturated heterocycles. The lowest BCUT2D eigenvalue weighted by molar-refractivity contribution is 0.452. The molecule has 0 aromatic carbocycles. The van der Waals surface area contributed by atoms with E-state index in [9.17, 15) is 0 Å². The van der Waals surface area contributed by atoms with Crippen molar-refractivity contribution in [2.75, 3.05) is 0 Å². The van der Waals surface area contributed by atoms with Crippen LogP contribution in [0.3, 0.4) is 0 Å². The molecular weight excluding hydrogens is 212 g/mol. The van der Waals surface area contributed by atoms with Gasteiger partial charge in [0.1, 0.15) is 0 Å². The van der Waals surface area contributed by atoms with Gasteiger partial charge in [-0.1, -0.05) is 26.7 Å². The number of hydrogen-bond acceptors (Lipinski definition) is 3. The fourth-order valence-electron chi connectivity index (χ4n) is 2.34. The molecule has 98 valence electrons. The van der Waals surface area contributed by atoms with E-state index in [1.165, 1.54) is 24.1 Å². The number of hydrazine groups is 1. The third kappa shape index (κ3) is 3.54. The van der Waals surface area contributed by atoms with Crippen LogP contribution in [0.5, 0.6) is 0 Å². The molecule has 1 atom stereocenters. The summed E-state index contributed by atoms with van der Waals surface area (Å²) >= 11 is 0. The minimum atomic E-state index is 0.224. The topological polar surface area (TPSA) is 55.9 Å². The van der Waals surface area contributed by atoms with Crippen molar-refractivity contribution in [1.82, 2.24) is 15.2 Å². The SMILES string of the molecule is Cc1nn(C)c(C)c1C(CCCC(C)C)NN. The van der Waals surface area contributed by atoms with Crippen LogP contribution in [0.2, 0.25) is 0 Å². The predicted molar refractivity (Wildman–Crippen MR) is 71.4 cm³/mol. The fraction of sp³-hybridized carbons (Fsp3) is 0.769. The highest BCUT2D eigenvalue weighted by molar-refractivity contribution is 5.27. The van der Waals surface area contributed by atoms with Crippen LogP contribution in [0.1, 0.15) is 56.1 Å². The minimum Gasteiger partial charge on any atom is -0.272 e. The zero-order valence-electron chi connectivity index (χ0n) is 11.7. The van der Waals surface area contributed by atoms with Crippen molar-refractivity contribution in [3.63, 3.8) is 0 Å². The number of nitrogens with zero attached hydrogens (tertiary/aromatic N) is 2. The number of nitrogens with one attached hydrogen (secondary N) is 1. The molecule has 0 aliphatic rings. The zero-order chi connectivity index (χ0) is 13.0. The number of hydrogen-bond donors (Lipinski definition) is 2. The van der Waals surface area contributed by atoms with E-state index < -0.39 is 0 Å². The van der Waals surface area contributed by atoms with Crippen LogP contribution in [0.15, 0.2) is 0 Å². The smallest absolute Gasteiger partial charge is 0.0644 e. The first kappa shape index (κ1) is 14.2. The van der Waals surface area contributed by atoms with Gasteiger partial charge >= 0.3 is 0 Å². The van der Waals surface area contributed by atoms with E-state index in [1.54, 1.807) is 0 Å². The van der Waals surface area contributed by atoms with Gasteiger partial charge in [0.15, 0.2) is 0 Å². The average Bonchev–Trinajstić information content (AvgIpc) is 2.49. The first-order valence-electron chi connectivity index (χ1n) is 6.43. The lowest BCUT2D eigenvalue weighted by Gasteiger charge is -2.17. The lowest BCUT2D eigenvalue weighted by Crippen LogP contribution is -2.29. The average molecular weight is 238 g/mol. The molecule has 0 fully saturated rings. The summed E-state index contributed by atoms with van der Waals surface area (Å²) in [6, 6.07) is 0.224. The molecule has 0 aliphatic carbocycles. The van der Waals surface area contributed by atoms with Crippen LogP contribution in [-0.4, -0.2) is 9.78 Å². The molecule has 4 nitrogen and oxygen atoms in total. The van der Waals surface area contributed by atoms with Gasteiger partial charge in [-0.3, -0.25) is 16.0 Å². The van der Waals surface area contributed by atoms with E-state index in [4.69, 9.17) is 5.84 Å². The molecule has 1 heterocycles. The van der Waals surface area contributed by atoms with Crippen LogP contribution < -0.4 is 11.3 Å². The number of aryl methyl sites for hydroxylation is 2. The van der Waals surface area contributed by atoms with Crippen LogP contribution in [0.4, 0.5) is 0 Å². The molecular formula is C13H26N4. The van der Waals surface area contributed by atoms with Crippen molar-refractivity contribution in [3.8, 4) is 0 Å². The van der Waals surface area contributed by atoms with Gasteiger partial charge in [0.25, 0.3) is 0 Å². The molecule has 1 aromatic heterocycles. The molecule has 0 saturated carbocycles. The van der Waals surface area contributed by atoms with Gasteiger partial charge in [-0.15, -0.1) is 0 Å². The van der Waals surface area contributed by atoms with Crippen LogP contribution in [0, 0.1) is 19.8 Å². The summed E-state index contributed by atoms with van der Waals surface area (Å²) < 4.78 is 1.93. The van der Waals surface area contributed by atoms with Crippen LogP contribution in [0.25, 0.3) is 0 Å². The highest BCUT2D eigenvalue weighted by Gasteiger charge is 2.18. The molecule has 0 aliphatic heterocycles. The predicted octanol–water partition coefficient (Wildman–Crippen LogP) is 2.37. The summed E-state index contributed by atoms with van der Waals surface area (Å²) in [5.74, 6) is 6.44. The standard InChI is InChI=1S/C13H26N4/c1-9(2)7-6-8-12(15-14)13-10(3)16-17(5)11(13)4/h9,12,15H,6-8,14H2,1-5H3. The molecule has 17 heavy (non-hydrogen) atoms. The Balaban J connectivity index is 2.72. The Kier molecular flexibility index (Phi) is 5.15. The maximum Gasteiger partial charge on any atom is 0.0644 e. The molecule has 0 spiro atoms. The quantitative estimate of drug-likeness (QED) is 0.591. The molecule has 0 amide bonds. The molecule has 1 rings (SSSR count). The van der Waals surface area contributed by atoms with Gasteiger partial charge < -0.3 is 0 Å². The van der Waals surface area contributed by atoms with Gasteiger partial charge in [-0.05, 0) is 26.2 Å². The van der Waals surface area contributed by atoms with E-state index in [0.717, 1.165) is 18.0 Å². The minimum absolute atomic E-state index is 0.224. The maximum absolute atomic E-state index is 5.68. The largest absolute Gasteiger partial charge is 0.272 e. The third-order valence-electron chi connectivity index (χ3n) is 3.39. The Bertz CT molecular complexity index is 355. The normalized spacial score (nSPS) is 13.4. The summed E-state index contributed by atoms with van der Waals surface area (Å²) in [4.78, 5) is 0. The van der Waals surface area contributed by atoms with Crippen molar-refractivity contribution in [2.45, 2.75) is 53.0 Å². The van der Waals surface area contributed by atoms with Crippen molar-refractivity contribution in [1.29, 1.82) is 0 Å². The molecule has 1 aromatic rings. The number of rotatable bonds is 6. The van der Waals surface area contributed by atoms with Gasteiger partial charge in [0.2, 0.25) is 0 Å². The maximum atomic E-state index is 5.68. The molecule has 3 N–H and O–H groups in total. The summed E-state index contributed by atoms with van der Waals surface area (Å²) in [5.41, 5.74) is 6.48. The van der Waals surface area contributed by atoms with E-state index in [0.29, 0.717) is 0 Å². The van der Waals surface area contributed by atoms with Crippen molar-refractivity contribution < 1.29 is 0 Å². The Hall–Kier alpha value is -0.870. The molecule has 1 unspecified atom stereocenters. The van der Waals surface area contributed by atoms with Gasteiger partial charge in [0, 0.05) is 24.3 Å². The summed E-state index contributed by atoms with van der Waals surface area (Å²) in [6.45, 7) is 8.66. The first-order chi connectivity index (χ1) is 7.97. The van der Waals surface area contributed by atoms with E-state index in [2.05, 4.69) is 38.2 Å². The molecule has 4 heteroatoms. The first-order valence-corrected chi connectivity index (χ1v) is 6.43. The Morgan fingerprint density at radius 3 is 2.35 bits per heavy atom. The highest BCUT2D eigenvalue weighted by Crippen LogP contribution is 2.25. The van der Waals surface area contributed by atoms with Crippen molar-refractivity contribution in [3.05, 3.63) is 17.0 Å². The second-order valence-electron chi connectivity index (χ2n) is 5.25. The monoisotopic (exact) mass is 238 g/mol. The van der Waals surface area contributed by atoms with Gasteiger partial charge in [-0.25, -0.2) is 0 Å². The summed E-state index contributed by atoms with van der Waals surface area (Å²) in [6.07, 6.45) is 3.51. The van der Waals surface area contributed by atoms with Crippen molar-refractivity contribution >= 4 is 0 Å². The lowest BCUT2D eigenvalue weighted by atomic mass is 9.97. The third-order valence-corrected chi connectivity index (χ3v) is 3.39. The zero-order valence-corrected chi connectivity index (χ0v) is 11.7. The fourth-order valence-corrected chi connectivity index (χ4v) is 2.34. The summed E-state index contributed by atoms with van der Waals surface area (Å²) in [5, 5.41) is 4.44. The Labute approximate surface area is 105 Å². The van der Waals surface area contributed by atoms with E-state index in [-0.39, 0.29) is 6.04 Å². The van der Waals surface area contributed by atoms with Crippen LogP contribution >= 0.6 is 0 Å². The Morgan fingerprint density at radius 1 is 1.29 bits per heavy atom.